The minimum atomic E-state index is 0.286. The van der Waals surface area contributed by atoms with E-state index in [2.05, 4.69) is 50.1 Å². The van der Waals surface area contributed by atoms with Crippen LogP contribution in [0, 0.1) is 6.92 Å². The minimum absolute atomic E-state index is 0.286. The quantitative estimate of drug-likeness (QED) is 0.763. The maximum absolute atomic E-state index is 4.19. The molecule has 15 heavy (non-hydrogen) atoms. The van der Waals surface area contributed by atoms with Gasteiger partial charge in [-0.15, -0.1) is 0 Å². The molecule has 0 aliphatic heterocycles. The van der Waals surface area contributed by atoms with Crippen molar-refractivity contribution in [2.45, 2.75) is 33.7 Å². The van der Waals surface area contributed by atoms with E-state index in [1.54, 1.807) is 0 Å². The lowest BCUT2D eigenvalue weighted by molar-refractivity contribution is 0.639. The molecule has 0 bridgehead atoms. The summed E-state index contributed by atoms with van der Waals surface area (Å²) in [6.45, 7) is 9.45. The molecule has 1 aromatic rings. The predicted molar refractivity (Wildman–Crippen MR) is 64.8 cm³/mol. The molecule has 2 heteroatoms. The molecular weight excluding hydrogens is 184 g/mol. The largest absolute Gasteiger partial charge is 0.307 e. The second kappa shape index (κ2) is 5.66. The molecule has 0 aliphatic carbocycles. The van der Waals surface area contributed by atoms with Crippen molar-refractivity contribution in [2.75, 3.05) is 6.54 Å². The topological polar surface area (TPSA) is 24.9 Å². The highest BCUT2D eigenvalue weighted by Crippen LogP contribution is 2.18. The molecule has 1 rings (SSSR count). The number of nitrogens with one attached hydrogen (secondary N) is 1. The van der Waals surface area contributed by atoms with Crippen molar-refractivity contribution >= 4 is 0 Å². The fraction of sp³-hybridized carbons (Fsp3) is 0.462. The Kier molecular flexibility index (Phi) is 4.50. The summed E-state index contributed by atoms with van der Waals surface area (Å²) >= 11 is 0. The van der Waals surface area contributed by atoms with Crippen LogP contribution in [0.5, 0.6) is 0 Å². The molecule has 0 aliphatic rings. The first-order valence-electron chi connectivity index (χ1n) is 5.44. The minimum Gasteiger partial charge on any atom is -0.307 e. The first-order chi connectivity index (χ1) is 7.15. The van der Waals surface area contributed by atoms with E-state index in [0.717, 1.165) is 6.54 Å². The fourth-order valence-corrected chi connectivity index (χ4v) is 1.61. The highest BCUT2D eigenvalue weighted by atomic mass is 14.9. The predicted octanol–water partition coefficient (Wildman–Crippen LogP) is 3.01. The molecule has 1 aromatic heterocycles. The van der Waals surface area contributed by atoms with Crippen molar-refractivity contribution in [3.8, 4) is 0 Å². The van der Waals surface area contributed by atoms with Gasteiger partial charge in [0, 0.05) is 12.4 Å². The highest BCUT2D eigenvalue weighted by Gasteiger charge is 2.09. The molecule has 0 aromatic carbocycles. The van der Waals surface area contributed by atoms with Gasteiger partial charge in [-0.05, 0) is 44.5 Å². The van der Waals surface area contributed by atoms with E-state index in [1.165, 1.54) is 16.7 Å². The number of nitrogens with zero attached hydrogens (tertiary/aromatic N) is 1. The average Bonchev–Trinajstić information content (AvgIpc) is 2.17. The lowest BCUT2D eigenvalue weighted by atomic mass is 10.0. The van der Waals surface area contributed by atoms with Gasteiger partial charge in [-0.25, -0.2) is 0 Å². The zero-order valence-corrected chi connectivity index (χ0v) is 10.0. The van der Waals surface area contributed by atoms with Crippen LogP contribution in [0.25, 0.3) is 0 Å². The molecule has 0 saturated carbocycles. The third kappa shape index (κ3) is 3.48. The lowest BCUT2D eigenvalue weighted by Crippen LogP contribution is -2.20. The third-order valence-electron chi connectivity index (χ3n) is 2.34. The van der Waals surface area contributed by atoms with Gasteiger partial charge in [0.25, 0.3) is 0 Å². The summed E-state index contributed by atoms with van der Waals surface area (Å²) in [6, 6.07) is 2.34. The van der Waals surface area contributed by atoms with Crippen LogP contribution >= 0.6 is 0 Å². The Morgan fingerprint density at radius 1 is 1.53 bits per heavy atom. The Balaban J connectivity index is 2.99. The van der Waals surface area contributed by atoms with Crippen LogP contribution < -0.4 is 5.32 Å². The van der Waals surface area contributed by atoms with Gasteiger partial charge in [-0.1, -0.05) is 18.6 Å². The van der Waals surface area contributed by atoms with E-state index in [9.17, 15) is 0 Å². The van der Waals surface area contributed by atoms with Crippen LogP contribution in [-0.2, 0) is 0 Å². The second-order valence-corrected chi connectivity index (χ2v) is 4.01. The zero-order valence-electron chi connectivity index (χ0n) is 10.0. The molecule has 0 saturated heterocycles. The number of likely N-dealkylation sites (N-methyl/N-ethyl adjacent to an activating group) is 1. The summed E-state index contributed by atoms with van der Waals surface area (Å²) in [5.74, 6) is 0. The zero-order chi connectivity index (χ0) is 11.3. The number of hydrogen-bond donors (Lipinski definition) is 1. The first kappa shape index (κ1) is 11.9. The van der Waals surface area contributed by atoms with Crippen molar-refractivity contribution in [1.29, 1.82) is 0 Å². The molecule has 0 radical (unpaired) electrons. The molecule has 1 atom stereocenters. The van der Waals surface area contributed by atoms with Crippen LogP contribution in [0.1, 0.15) is 37.9 Å². The Labute approximate surface area is 92.4 Å². The summed E-state index contributed by atoms with van der Waals surface area (Å²) in [4.78, 5) is 4.19. The number of pyridine rings is 1. The third-order valence-corrected chi connectivity index (χ3v) is 2.34. The number of hydrogen-bond acceptors (Lipinski definition) is 2. The van der Waals surface area contributed by atoms with Gasteiger partial charge in [-0.3, -0.25) is 4.98 Å². The van der Waals surface area contributed by atoms with E-state index < -0.39 is 0 Å². The van der Waals surface area contributed by atoms with Gasteiger partial charge in [0.15, 0.2) is 0 Å². The highest BCUT2D eigenvalue weighted by molar-refractivity contribution is 5.29. The number of allylic oxidation sites excluding steroid dienone is 1. The summed E-state index contributed by atoms with van der Waals surface area (Å²) in [6.07, 6.45) is 6.03. The normalized spacial score (nSPS) is 12.3. The van der Waals surface area contributed by atoms with E-state index >= 15 is 0 Å². The van der Waals surface area contributed by atoms with Crippen LogP contribution in [0.3, 0.4) is 0 Å². The standard InChI is InChI=1S/C13H20N2/c1-5-15-13(8-10(2)3)12-9-14-7-6-11(12)4/h6-9,13,15H,5H2,1-4H3. The molecule has 0 spiro atoms. The molecule has 1 N–H and O–H groups in total. The van der Waals surface area contributed by atoms with Gasteiger partial charge in [-0.2, -0.15) is 0 Å². The molecule has 1 unspecified atom stereocenters. The SMILES string of the molecule is CCNC(C=C(C)C)c1cnccc1C. The second-order valence-electron chi connectivity index (χ2n) is 4.01. The van der Waals surface area contributed by atoms with Crippen molar-refractivity contribution in [1.82, 2.24) is 10.3 Å². The van der Waals surface area contributed by atoms with Gasteiger partial charge >= 0.3 is 0 Å². The van der Waals surface area contributed by atoms with Crippen molar-refractivity contribution in [3.63, 3.8) is 0 Å². The van der Waals surface area contributed by atoms with Crippen LogP contribution in [-0.4, -0.2) is 11.5 Å². The fourth-order valence-electron chi connectivity index (χ4n) is 1.61. The van der Waals surface area contributed by atoms with Crippen LogP contribution in [0.4, 0.5) is 0 Å². The Hall–Kier alpha value is -1.15. The molecule has 82 valence electrons. The van der Waals surface area contributed by atoms with Gasteiger partial charge in [0.05, 0.1) is 6.04 Å². The Morgan fingerprint density at radius 3 is 2.80 bits per heavy atom. The van der Waals surface area contributed by atoms with Crippen LogP contribution in [0.2, 0.25) is 0 Å². The van der Waals surface area contributed by atoms with E-state index in [4.69, 9.17) is 0 Å². The number of aromatic nitrogens is 1. The first-order valence-corrected chi connectivity index (χ1v) is 5.44. The molecule has 2 nitrogen and oxygen atoms in total. The lowest BCUT2D eigenvalue weighted by Gasteiger charge is -2.16. The van der Waals surface area contributed by atoms with E-state index in [1.807, 2.05) is 12.4 Å². The summed E-state index contributed by atoms with van der Waals surface area (Å²) < 4.78 is 0. The van der Waals surface area contributed by atoms with Crippen LogP contribution in [0.15, 0.2) is 30.1 Å². The monoisotopic (exact) mass is 204 g/mol. The maximum Gasteiger partial charge on any atom is 0.0526 e. The summed E-state index contributed by atoms with van der Waals surface area (Å²) in [5, 5.41) is 3.45. The van der Waals surface area contributed by atoms with E-state index in [-0.39, 0.29) is 6.04 Å². The summed E-state index contributed by atoms with van der Waals surface area (Å²) in [7, 11) is 0. The molecular formula is C13H20N2. The molecule has 1 heterocycles. The van der Waals surface area contributed by atoms with Crippen molar-refractivity contribution in [2.24, 2.45) is 0 Å². The Bertz CT molecular complexity index is 338. The Morgan fingerprint density at radius 2 is 2.27 bits per heavy atom. The summed E-state index contributed by atoms with van der Waals surface area (Å²) in [5.41, 5.74) is 3.87. The number of aryl methyl sites for hydroxylation is 1. The van der Waals surface area contributed by atoms with Crippen molar-refractivity contribution < 1.29 is 0 Å². The van der Waals surface area contributed by atoms with Gasteiger partial charge in [0.2, 0.25) is 0 Å². The maximum atomic E-state index is 4.19. The smallest absolute Gasteiger partial charge is 0.0526 e. The van der Waals surface area contributed by atoms with Crippen molar-refractivity contribution in [3.05, 3.63) is 41.2 Å². The van der Waals surface area contributed by atoms with Gasteiger partial charge < -0.3 is 5.32 Å². The average molecular weight is 204 g/mol. The molecule has 0 fully saturated rings. The van der Waals surface area contributed by atoms with Gasteiger partial charge in [0.1, 0.15) is 0 Å². The molecule has 0 amide bonds. The number of rotatable bonds is 4. The van der Waals surface area contributed by atoms with E-state index in [0.29, 0.717) is 0 Å².